The first-order chi connectivity index (χ1) is 14.6. The molecule has 6 nitrogen and oxygen atoms in total. The van der Waals surface area contributed by atoms with Gasteiger partial charge in [0.1, 0.15) is 5.82 Å². The Labute approximate surface area is 170 Å². The van der Waals surface area contributed by atoms with Crippen molar-refractivity contribution in [2.75, 3.05) is 0 Å². The van der Waals surface area contributed by atoms with Gasteiger partial charge in [-0.05, 0) is 37.3 Å². The van der Waals surface area contributed by atoms with Gasteiger partial charge in [-0.2, -0.15) is 14.8 Å². The number of benzene rings is 3. The molecule has 5 rings (SSSR count). The Morgan fingerprint density at radius 1 is 0.933 bits per heavy atom. The predicted molar refractivity (Wildman–Crippen MR) is 111 cm³/mol. The molecule has 3 aromatic carbocycles. The summed E-state index contributed by atoms with van der Waals surface area (Å²) in [4.78, 5) is 17.5. The molecule has 30 heavy (non-hydrogen) atoms. The normalized spacial score (nSPS) is 11.1. The molecule has 0 radical (unpaired) electrons. The Hall–Kier alpha value is -4.13. The van der Waals surface area contributed by atoms with Gasteiger partial charge in [0, 0.05) is 10.9 Å². The molecule has 146 valence electrons. The van der Waals surface area contributed by atoms with Crippen LogP contribution in [0.2, 0.25) is 0 Å². The molecule has 0 unspecified atom stereocenters. The first-order valence-corrected chi connectivity index (χ1v) is 9.29. The number of aromatic nitrogens is 4. The molecule has 0 fully saturated rings. The van der Waals surface area contributed by atoms with Gasteiger partial charge >= 0.3 is 0 Å². The minimum absolute atomic E-state index is 0.145. The van der Waals surface area contributed by atoms with Crippen molar-refractivity contribution >= 4 is 10.8 Å². The number of halogens is 1. The van der Waals surface area contributed by atoms with Crippen LogP contribution < -0.4 is 5.56 Å². The van der Waals surface area contributed by atoms with Crippen LogP contribution in [0.5, 0.6) is 0 Å². The lowest BCUT2D eigenvalue weighted by Gasteiger charge is -2.09. The Morgan fingerprint density at radius 2 is 1.70 bits per heavy atom. The van der Waals surface area contributed by atoms with Crippen molar-refractivity contribution in [2.24, 2.45) is 0 Å². The van der Waals surface area contributed by atoms with Gasteiger partial charge in [0.05, 0.1) is 11.1 Å². The van der Waals surface area contributed by atoms with Gasteiger partial charge in [-0.15, -0.1) is 0 Å². The van der Waals surface area contributed by atoms with Crippen molar-refractivity contribution in [1.82, 2.24) is 19.9 Å². The lowest BCUT2D eigenvalue weighted by molar-refractivity contribution is 0.430. The van der Waals surface area contributed by atoms with Crippen LogP contribution in [0.25, 0.3) is 39.4 Å². The van der Waals surface area contributed by atoms with E-state index in [0.717, 1.165) is 5.56 Å². The van der Waals surface area contributed by atoms with Gasteiger partial charge in [-0.25, -0.2) is 4.39 Å². The molecule has 0 aliphatic heterocycles. The van der Waals surface area contributed by atoms with Crippen molar-refractivity contribution in [1.29, 1.82) is 0 Å². The van der Waals surface area contributed by atoms with E-state index in [-0.39, 0.29) is 17.3 Å². The second-order valence-electron chi connectivity index (χ2n) is 6.88. The zero-order valence-corrected chi connectivity index (χ0v) is 15.9. The van der Waals surface area contributed by atoms with Crippen molar-refractivity contribution in [3.8, 4) is 28.7 Å². The lowest BCUT2D eigenvalue weighted by atomic mass is 10.1. The SMILES string of the molecule is Cc1ccc(-n2nc(-c3nc(-c4cccc(F)c4)no3)c3ccccc3c2=O)cc1. The van der Waals surface area contributed by atoms with Gasteiger partial charge in [-0.3, -0.25) is 4.79 Å². The van der Waals surface area contributed by atoms with Crippen molar-refractivity contribution < 1.29 is 8.91 Å². The molecular formula is C23H15FN4O2. The molecule has 2 heterocycles. The van der Waals surface area contributed by atoms with E-state index >= 15 is 0 Å². The van der Waals surface area contributed by atoms with Gasteiger partial charge < -0.3 is 4.52 Å². The van der Waals surface area contributed by atoms with E-state index < -0.39 is 5.82 Å². The van der Waals surface area contributed by atoms with E-state index in [4.69, 9.17) is 4.52 Å². The second-order valence-corrected chi connectivity index (χ2v) is 6.88. The predicted octanol–water partition coefficient (Wildman–Crippen LogP) is 4.55. The third kappa shape index (κ3) is 3.06. The molecule has 0 saturated carbocycles. The van der Waals surface area contributed by atoms with E-state index in [9.17, 15) is 9.18 Å². The van der Waals surface area contributed by atoms with Crippen LogP contribution in [0.4, 0.5) is 4.39 Å². The topological polar surface area (TPSA) is 73.8 Å². The van der Waals surface area contributed by atoms with Gasteiger partial charge in [0.2, 0.25) is 5.82 Å². The van der Waals surface area contributed by atoms with Crippen molar-refractivity contribution in [2.45, 2.75) is 6.92 Å². The zero-order chi connectivity index (χ0) is 20.7. The zero-order valence-electron chi connectivity index (χ0n) is 15.9. The standard InChI is InChI=1S/C23H15FN4O2/c1-14-9-11-17(12-10-14)28-23(29)19-8-3-2-7-18(19)20(26-28)22-25-21(27-30-22)15-5-4-6-16(24)13-15/h2-13H,1H3. The first-order valence-electron chi connectivity index (χ1n) is 9.29. The number of aryl methyl sites for hydroxylation is 1. The van der Waals surface area contributed by atoms with Gasteiger partial charge in [0.15, 0.2) is 5.69 Å². The van der Waals surface area contributed by atoms with Crippen LogP contribution >= 0.6 is 0 Å². The summed E-state index contributed by atoms with van der Waals surface area (Å²) in [5.74, 6) is -0.00913. The molecule has 0 aliphatic carbocycles. The molecule has 0 saturated heterocycles. The maximum atomic E-state index is 13.6. The summed E-state index contributed by atoms with van der Waals surface area (Å²) in [6.45, 7) is 1.97. The molecule has 5 aromatic rings. The maximum absolute atomic E-state index is 13.6. The molecule has 0 bridgehead atoms. The van der Waals surface area contributed by atoms with E-state index in [1.54, 1.807) is 30.3 Å². The average molecular weight is 398 g/mol. The third-order valence-electron chi connectivity index (χ3n) is 4.79. The molecule has 0 spiro atoms. The maximum Gasteiger partial charge on any atom is 0.279 e. The van der Waals surface area contributed by atoms with Crippen LogP contribution in [0.15, 0.2) is 82.1 Å². The fraction of sp³-hybridized carbons (Fsp3) is 0.0435. The molecule has 0 amide bonds. The van der Waals surface area contributed by atoms with Crippen LogP contribution in [0, 0.1) is 12.7 Å². The van der Waals surface area contributed by atoms with E-state index in [2.05, 4.69) is 15.2 Å². The quantitative estimate of drug-likeness (QED) is 0.446. The number of nitrogens with zero attached hydrogens (tertiary/aromatic N) is 4. The van der Waals surface area contributed by atoms with E-state index in [1.165, 1.54) is 16.8 Å². The first kappa shape index (κ1) is 17.9. The smallest absolute Gasteiger partial charge is 0.279 e. The number of hydrogen-bond acceptors (Lipinski definition) is 5. The summed E-state index contributed by atoms with van der Waals surface area (Å²) in [5, 5.41) is 9.57. The Morgan fingerprint density at radius 3 is 2.47 bits per heavy atom. The Kier molecular flexibility index (Phi) is 4.21. The molecule has 0 aliphatic rings. The summed E-state index contributed by atoms with van der Waals surface area (Å²) >= 11 is 0. The highest BCUT2D eigenvalue weighted by Crippen LogP contribution is 2.26. The summed E-state index contributed by atoms with van der Waals surface area (Å²) in [6, 6.07) is 20.5. The fourth-order valence-corrected chi connectivity index (χ4v) is 3.27. The van der Waals surface area contributed by atoms with Crippen LogP contribution in [0.1, 0.15) is 5.56 Å². The van der Waals surface area contributed by atoms with Crippen molar-refractivity contribution in [3.05, 3.63) is 94.5 Å². The molecular weight excluding hydrogens is 383 g/mol. The van der Waals surface area contributed by atoms with Crippen molar-refractivity contribution in [3.63, 3.8) is 0 Å². The lowest BCUT2D eigenvalue weighted by Crippen LogP contribution is -2.22. The number of rotatable bonds is 3. The minimum Gasteiger partial charge on any atom is -0.332 e. The van der Waals surface area contributed by atoms with Crippen LogP contribution in [-0.4, -0.2) is 19.9 Å². The number of hydrogen-bond donors (Lipinski definition) is 0. The van der Waals surface area contributed by atoms with Crippen LogP contribution in [-0.2, 0) is 0 Å². The third-order valence-corrected chi connectivity index (χ3v) is 4.79. The van der Waals surface area contributed by atoms with E-state index in [1.807, 2.05) is 37.3 Å². The largest absolute Gasteiger partial charge is 0.332 e. The second kappa shape index (κ2) is 7.04. The Bertz CT molecular complexity index is 1440. The Balaban J connectivity index is 1.72. The molecule has 7 heteroatoms. The molecule has 0 N–H and O–H groups in total. The monoisotopic (exact) mass is 398 g/mol. The average Bonchev–Trinajstić information content (AvgIpc) is 3.25. The highest BCUT2D eigenvalue weighted by molar-refractivity contribution is 5.92. The minimum atomic E-state index is -0.393. The van der Waals surface area contributed by atoms with E-state index in [0.29, 0.717) is 27.7 Å². The summed E-state index contributed by atoms with van der Waals surface area (Å²) in [6.07, 6.45) is 0. The van der Waals surface area contributed by atoms with Gasteiger partial charge in [-0.1, -0.05) is 53.2 Å². The molecule has 0 atom stereocenters. The van der Waals surface area contributed by atoms with Gasteiger partial charge in [0.25, 0.3) is 11.4 Å². The highest BCUT2D eigenvalue weighted by Gasteiger charge is 2.19. The highest BCUT2D eigenvalue weighted by atomic mass is 19.1. The van der Waals surface area contributed by atoms with Crippen LogP contribution in [0.3, 0.4) is 0 Å². The summed E-state index contributed by atoms with van der Waals surface area (Å²) in [5.41, 5.74) is 2.32. The summed E-state index contributed by atoms with van der Waals surface area (Å²) in [7, 11) is 0. The fourth-order valence-electron chi connectivity index (χ4n) is 3.27. The summed E-state index contributed by atoms with van der Waals surface area (Å²) < 4.78 is 20.3. The number of fused-ring (bicyclic) bond motifs is 1. The molecule has 2 aromatic heterocycles.